The Morgan fingerprint density at radius 2 is 1.31 bits per heavy atom. The third-order valence-electron chi connectivity index (χ3n) is 9.30. The lowest BCUT2D eigenvalue weighted by molar-refractivity contribution is 0.0257. The summed E-state index contributed by atoms with van der Waals surface area (Å²) in [7, 11) is 7.00. The van der Waals surface area contributed by atoms with Gasteiger partial charge in [0.1, 0.15) is 0 Å². The summed E-state index contributed by atoms with van der Waals surface area (Å²) in [6.45, 7) is 23.9. The van der Waals surface area contributed by atoms with Crippen molar-refractivity contribution in [1.82, 2.24) is 4.98 Å². The summed E-state index contributed by atoms with van der Waals surface area (Å²) >= 11 is 0. The highest BCUT2D eigenvalue weighted by Crippen LogP contribution is 2.58. The van der Waals surface area contributed by atoms with Crippen molar-refractivity contribution >= 4 is 7.85 Å². The van der Waals surface area contributed by atoms with Crippen LogP contribution in [0.25, 0.3) is 0 Å². The maximum absolute atomic E-state index is 7.00. The van der Waals surface area contributed by atoms with Gasteiger partial charge in [-0.15, -0.1) is 0 Å². The Hall–Kier alpha value is -0.785. The molecule has 0 aromatic carbocycles. The number of hydrogen-bond donors (Lipinski definition) is 0. The number of hydrogen-bond acceptors (Lipinski definition) is 1. The summed E-state index contributed by atoms with van der Waals surface area (Å²) < 4.78 is 0. The van der Waals surface area contributed by atoms with Crippen LogP contribution in [0.15, 0.2) is 24.5 Å². The van der Waals surface area contributed by atoms with E-state index in [1.165, 1.54) is 18.4 Å². The number of rotatable bonds is 12. The highest BCUT2D eigenvalue weighted by Gasteiger charge is 2.47. The molecule has 1 aromatic heterocycles. The fraction of sp³-hybridized carbons (Fsp3) is 0.815. The summed E-state index contributed by atoms with van der Waals surface area (Å²) in [5, 5.41) is 0. The molecule has 0 aliphatic carbocycles. The van der Waals surface area contributed by atoms with Crippen molar-refractivity contribution in [1.29, 1.82) is 0 Å². The van der Waals surface area contributed by atoms with Crippen LogP contribution in [0.5, 0.6) is 0 Å². The molecule has 0 spiro atoms. The minimum atomic E-state index is 0.0580. The fourth-order valence-electron chi connectivity index (χ4n) is 4.77. The SMILES string of the molecule is [B]C(CC(C)(CC)CC)C(C)(C)C(C)(CC)CC(c1ccncc1)C(C)(C)CC. The van der Waals surface area contributed by atoms with Gasteiger partial charge in [-0.05, 0) is 51.7 Å². The molecule has 2 radical (unpaired) electrons. The lowest BCUT2D eigenvalue weighted by Gasteiger charge is -2.53. The second-order valence-corrected chi connectivity index (χ2v) is 11.3. The van der Waals surface area contributed by atoms with Gasteiger partial charge in [0.2, 0.25) is 0 Å². The van der Waals surface area contributed by atoms with Crippen LogP contribution in [0.2, 0.25) is 5.82 Å². The molecule has 0 aliphatic heterocycles. The van der Waals surface area contributed by atoms with Crippen molar-refractivity contribution in [3.63, 3.8) is 0 Å². The quantitative estimate of drug-likeness (QED) is 0.322. The van der Waals surface area contributed by atoms with Gasteiger partial charge in [0, 0.05) is 12.4 Å². The van der Waals surface area contributed by atoms with E-state index in [-0.39, 0.29) is 22.1 Å². The molecule has 29 heavy (non-hydrogen) atoms. The Bertz CT molecular complexity index is 602. The molecule has 0 fully saturated rings. The average molecular weight is 398 g/mol. The molecule has 1 nitrogen and oxygen atoms in total. The molecule has 0 N–H and O–H groups in total. The predicted octanol–water partition coefficient (Wildman–Crippen LogP) is 8.61. The largest absolute Gasteiger partial charge is 0.265 e. The number of pyridine rings is 1. The van der Waals surface area contributed by atoms with Crippen molar-refractivity contribution in [3.8, 4) is 0 Å². The first kappa shape index (κ1) is 26.3. The van der Waals surface area contributed by atoms with Crippen LogP contribution in [0.3, 0.4) is 0 Å². The first-order valence-electron chi connectivity index (χ1n) is 12.0. The molecule has 0 saturated carbocycles. The zero-order valence-electron chi connectivity index (χ0n) is 21.2. The standard InChI is InChI=1S/C27H48BN/c1-11-24(5,6)22(21-15-17-29-18-16-21)19-27(10,14-4)25(7,8)23(28)20-26(9,12-2)13-3/h15-18,22-23H,11-14,19-20H2,1-10H3. The lowest BCUT2D eigenvalue weighted by atomic mass is 9.48. The third kappa shape index (κ3) is 5.89. The van der Waals surface area contributed by atoms with Gasteiger partial charge in [-0.3, -0.25) is 4.98 Å². The van der Waals surface area contributed by atoms with E-state index in [0.29, 0.717) is 11.3 Å². The fourth-order valence-corrected chi connectivity index (χ4v) is 4.77. The summed E-state index contributed by atoms with van der Waals surface area (Å²) in [5.41, 5.74) is 2.21. The smallest absolute Gasteiger partial charge is 0.0707 e. The maximum Gasteiger partial charge on any atom is 0.0707 e. The number of nitrogens with zero attached hydrogens (tertiary/aromatic N) is 1. The summed E-state index contributed by atoms with van der Waals surface area (Å²) in [5.74, 6) is 0.691. The Balaban J connectivity index is 3.29. The predicted molar refractivity (Wildman–Crippen MR) is 131 cm³/mol. The Morgan fingerprint density at radius 3 is 1.72 bits per heavy atom. The van der Waals surface area contributed by atoms with Crippen LogP contribution in [0.1, 0.15) is 119 Å². The monoisotopic (exact) mass is 397 g/mol. The zero-order chi connectivity index (χ0) is 22.5. The van der Waals surface area contributed by atoms with Gasteiger partial charge in [0.05, 0.1) is 7.85 Å². The Kier molecular flexibility index (Phi) is 9.07. The second kappa shape index (κ2) is 10.0. The highest BCUT2D eigenvalue weighted by atomic mass is 14.6. The van der Waals surface area contributed by atoms with Gasteiger partial charge in [0.25, 0.3) is 0 Å². The van der Waals surface area contributed by atoms with Crippen molar-refractivity contribution in [2.75, 3.05) is 0 Å². The molecular formula is C27H48BN. The van der Waals surface area contributed by atoms with E-state index in [4.69, 9.17) is 7.85 Å². The van der Waals surface area contributed by atoms with E-state index in [2.05, 4.69) is 86.4 Å². The van der Waals surface area contributed by atoms with Crippen LogP contribution < -0.4 is 0 Å². The maximum atomic E-state index is 7.00. The topological polar surface area (TPSA) is 12.9 Å². The molecule has 2 heteroatoms. The molecule has 1 heterocycles. The first-order chi connectivity index (χ1) is 13.3. The second-order valence-electron chi connectivity index (χ2n) is 11.3. The van der Waals surface area contributed by atoms with Gasteiger partial charge >= 0.3 is 0 Å². The van der Waals surface area contributed by atoms with Crippen LogP contribution >= 0.6 is 0 Å². The van der Waals surface area contributed by atoms with Gasteiger partial charge in [0.15, 0.2) is 0 Å². The molecule has 1 rings (SSSR count). The third-order valence-corrected chi connectivity index (χ3v) is 9.30. The molecule has 0 aliphatic rings. The molecule has 0 amide bonds. The summed E-state index contributed by atoms with van der Waals surface area (Å²) in [6, 6.07) is 4.44. The van der Waals surface area contributed by atoms with E-state index >= 15 is 0 Å². The average Bonchev–Trinajstić information content (AvgIpc) is 2.71. The van der Waals surface area contributed by atoms with Crippen LogP contribution in [-0.4, -0.2) is 12.8 Å². The van der Waals surface area contributed by atoms with Crippen molar-refractivity contribution in [3.05, 3.63) is 30.1 Å². The molecule has 3 atom stereocenters. The van der Waals surface area contributed by atoms with Crippen LogP contribution in [0, 0.1) is 21.7 Å². The van der Waals surface area contributed by atoms with E-state index in [1.54, 1.807) is 0 Å². The molecule has 1 aromatic rings. The van der Waals surface area contributed by atoms with Crippen LogP contribution in [0.4, 0.5) is 0 Å². The van der Waals surface area contributed by atoms with Crippen molar-refractivity contribution in [2.24, 2.45) is 21.7 Å². The summed E-state index contributed by atoms with van der Waals surface area (Å²) in [4.78, 5) is 4.27. The van der Waals surface area contributed by atoms with E-state index in [0.717, 1.165) is 25.7 Å². The van der Waals surface area contributed by atoms with Crippen LogP contribution in [-0.2, 0) is 0 Å². The lowest BCUT2D eigenvalue weighted by Crippen LogP contribution is -2.42. The van der Waals surface area contributed by atoms with Gasteiger partial charge in [-0.25, -0.2) is 0 Å². The molecule has 3 unspecified atom stereocenters. The van der Waals surface area contributed by atoms with E-state index in [1.807, 2.05) is 12.4 Å². The van der Waals surface area contributed by atoms with Gasteiger partial charge in [-0.2, -0.15) is 0 Å². The van der Waals surface area contributed by atoms with Gasteiger partial charge < -0.3 is 0 Å². The molecule has 164 valence electrons. The highest BCUT2D eigenvalue weighted by molar-refractivity contribution is 6.12. The first-order valence-corrected chi connectivity index (χ1v) is 12.0. The van der Waals surface area contributed by atoms with E-state index in [9.17, 15) is 0 Å². The molecular weight excluding hydrogens is 349 g/mol. The molecule has 0 bridgehead atoms. The minimum Gasteiger partial charge on any atom is -0.265 e. The Morgan fingerprint density at radius 1 is 0.793 bits per heavy atom. The van der Waals surface area contributed by atoms with Crippen molar-refractivity contribution in [2.45, 2.75) is 119 Å². The molecule has 0 saturated heterocycles. The van der Waals surface area contributed by atoms with Gasteiger partial charge in [-0.1, -0.05) is 107 Å². The Labute approximate surface area is 184 Å². The zero-order valence-corrected chi connectivity index (χ0v) is 21.2. The summed E-state index contributed by atoms with van der Waals surface area (Å²) in [6.07, 6.45) is 10.8. The normalized spacial score (nSPS) is 17.6. The number of aromatic nitrogens is 1. The minimum absolute atomic E-state index is 0.0580. The van der Waals surface area contributed by atoms with E-state index < -0.39 is 0 Å². The van der Waals surface area contributed by atoms with Crippen molar-refractivity contribution < 1.29 is 0 Å².